The summed E-state index contributed by atoms with van der Waals surface area (Å²) in [6, 6.07) is 2.44. The average molecular weight is 211 g/mol. The van der Waals surface area contributed by atoms with Gasteiger partial charge in [-0.2, -0.15) is 0 Å². The van der Waals surface area contributed by atoms with Crippen molar-refractivity contribution in [3.63, 3.8) is 0 Å². The Morgan fingerprint density at radius 1 is 1.40 bits per heavy atom. The molecule has 0 aliphatic heterocycles. The Morgan fingerprint density at radius 2 is 2.13 bits per heavy atom. The highest BCUT2D eigenvalue weighted by Crippen LogP contribution is 2.32. The maximum Gasteiger partial charge on any atom is 0.235 e. The van der Waals surface area contributed by atoms with E-state index in [0.29, 0.717) is 11.3 Å². The minimum Gasteiger partial charge on any atom is -0.493 e. The van der Waals surface area contributed by atoms with Crippen molar-refractivity contribution < 1.29 is 18.7 Å². The zero-order valence-electron chi connectivity index (χ0n) is 8.41. The molecule has 0 N–H and O–H groups in total. The summed E-state index contributed by atoms with van der Waals surface area (Å²) in [6.45, 7) is 0.0147. The van der Waals surface area contributed by atoms with Crippen molar-refractivity contribution in [2.75, 3.05) is 14.2 Å². The van der Waals surface area contributed by atoms with Crippen molar-refractivity contribution in [2.45, 2.75) is 6.54 Å². The van der Waals surface area contributed by atoms with E-state index in [0.717, 1.165) is 0 Å². The Kier molecular flexibility index (Phi) is 3.83. The zero-order chi connectivity index (χ0) is 11.3. The highest BCUT2D eigenvalue weighted by molar-refractivity contribution is 5.47. The lowest BCUT2D eigenvalue weighted by Gasteiger charge is -2.11. The quantitative estimate of drug-likeness (QED) is 0.562. The van der Waals surface area contributed by atoms with E-state index in [1.165, 1.54) is 32.4 Å². The van der Waals surface area contributed by atoms with Crippen LogP contribution in [0.2, 0.25) is 0 Å². The second-order valence-electron chi connectivity index (χ2n) is 2.71. The molecular formula is C10H10FNO3. The molecule has 0 aliphatic rings. The third-order valence-electron chi connectivity index (χ3n) is 1.83. The first-order valence-corrected chi connectivity index (χ1v) is 4.17. The van der Waals surface area contributed by atoms with E-state index in [2.05, 4.69) is 4.99 Å². The third kappa shape index (κ3) is 2.54. The zero-order valence-corrected chi connectivity index (χ0v) is 8.41. The summed E-state index contributed by atoms with van der Waals surface area (Å²) in [5, 5.41) is 0. The Bertz CT molecular complexity index is 400. The summed E-state index contributed by atoms with van der Waals surface area (Å²) in [6.07, 6.45) is 1.38. The summed E-state index contributed by atoms with van der Waals surface area (Å²) in [5.41, 5.74) is 0.442. The van der Waals surface area contributed by atoms with E-state index in [9.17, 15) is 9.18 Å². The van der Waals surface area contributed by atoms with Gasteiger partial charge in [0, 0.05) is 11.6 Å². The van der Waals surface area contributed by atoms with Crippen LogP contribution < -0.4 is 9.47 Å². The Balaban J connectivity index is 3.21. The van der Waals surface area contributed by atoms with Gasteiger partial charge in [-0.05, 0) is 6.07 Å². The van der Waals surface area contributed by atoms with Crippen LogP contribution in [0.1, 0.15) is 5.56 Å². The van der Waals surface area contributed by atoms with Gasteiger partial charge in [-0.3, -0.25) is 0 Å². The third-order valence-corrected chi connectivity index (χ3v) is 1.83. The number of benzene rings is 1. The maximum atomic E-state index is 13.1. The molecule has 1 aromatic carbocycles. The van der Waals surface area contributed by atoms with Gasteiger partial charge in [-0.1, -0.05) is 0 Å². The molecule has 0 spiro atoms. The van der Waals surface area contributed by atoms with Crippen LogP contribution in [0.25, 0.3) is 0 Å². The summed E-state index contributed by atoms with van der Waals surface area (Å²) in [7, 11) is 2.84. The Labute approximate surface area is 86.3 Å². The first kappa shape index (κ1) is 11.2. The van der Waals surface area contributed by atoms with Crippen LogP contribution in [0.5, 0.6) is 11.5 Å². The number of ether oxygens (including phenoxy) is 2. The van der Waals surface area contributed by atoms with Crippen molar-refractivity contribution in [3.05, 3.63) is 23.5 Å². The number of nitrogens with zero attached hydrogens (tertiary/aromatic N) is 1. The number of aliphatic imine (C=N–C) groups is 1. The SMILES string of the molecule is COc1cc(F)cc(CN=C=O)c1OC. The van der Waals surface area contributed by atoms with Crippen molar-refractivity contribution in [1.29, 1.82) is 0 Å². The molecule has 5 heteroatoms. The molecule has 0 saturated carbocycles. The van der Waals surface area contributed by atoms with Gasteiger partial charge >= 0.3 is 0 Å². The predicted molar refractivity (Wildman–Crippen MR) is 51.3 cm³/mol. The minimum absolute atomic E-state index is 0.0147. The molecule has 0 atom stereocenters. The topological polar surface area (TPSA) is 47.9 Å². The van der Waals surface area contributed by atoms with Crippen LogP contribution in [-0.2, 0) is 11.3 Å². The minimum atomic E-state index is -0.469. The number of hydrogen-bond acceptors (Lipinski definition) is 4. The Morgan fingerprint density at radius 3 is 2.67 bits per heavy atom. The molecular weight excluding hydrogens is 201 g/mol. The van der Waals surface area contributed by atoms with Gasteiger partial charge in [-0.15, -0.1) is 0 Å². The normalized spacial score (nSPS) is 9.27. The number of methoxy groups -OCH3 is 2. The van der Waals surface area contributed by atoms with E-state index in [1.807, 2.05) is 0 Å². The van der Waals surface area contributed by atoms with Crippen molar-refractivity contribution >= 4 is 6.08 Å². The fraction of sp³-hybridized carbons (Fsp3) is 0.300. The van der Waals surface area contributed by atoms with Gasteiger partial charge in [0.05, 0.1) is 20.8 Å². The largest absolute Gasteiger partial charge is 0.493 e. The van der Waals surface area contributed by atoms with Gasteiger partial charge in [0.1, 0.15) is 5.82 Å². The molecule has 1 aromatic rings. The van der Waals surface area contributed by atoms with Gasteiger partial charge in [0.15, 0.2) is 11.5 Å². The van der Waals surface area contributed by atoms with Crippen molar-refractivity contribution in [3.8, 4) is 11.5 Å². The van der Waals surface area contributed by atoms with E-state index >= 15 is 0 Å². The Hall–Kier alpha value is -1.87. The van der Waals surface area contributed by atoms with Crippen LogP contribution in [0.4, 0.5) is 4.39 Å². The first-order valence-electron chi connectivity index (χ1n) is 4.17. The lowest BCUT2D eigenvalue weighted by atomic mass is 10.2. The number of hydrogen-bond donors (Lipinski definition) is 0. The molecule has 15 heavy (non-hydrogen) atoms. The van der Waals surface area contributed by atoms with Crippen LogP contribution in [0, 0.1) is 5.82 Å². The van der Waals surface area contributed by atoms with E-state index in [-0.39, 0.29) is 12.3 Å². The molecule has 1 rings (SSSR count). The van der Waals surface area contributed by atoms with Crippen molar-refractivity contribution in [1.82, 2.24) is 0 Å². The molecule has 0 aromatic heterocycles. The lowest BCUT2D eigenvalue weighted by molar-refractivity contribution is 0.349. The molecule has 80 valence electrons. The number of carbonyl (C=O) groups excluding carboxylic acids is 1. The highest BCUT2D eigenvalue weighted by Gasteiger charge is 2.11. The first-order chi connectivity index (χ1) is 7.22. The highest BCUT2D eigenvalue weighted by atomic mass is 19.1. The van der Waals surface area contributed by atoms with Crippen LogP contribution >= 0.6 is 0 Å². The number of rotatable bonds is 4. The summed E-state index contributed by atoms with van der Waals surface area (Å²) >= 11 is 0. The molecule has 4 nitrogen and oxygen atoms in total. The molecule has 0 aliphatic carbocycles. The predicted octanol–water partition coefficient (Wildman–Crippen LogP) is 1.68. The van der Waals surface area contributed by atoms with E-state index < -0.39 is 5.82 Å². The second kappa shape index (κ2) is 5.12. The van der Waals surface area contributed by atoms with Crippen LogP contribution in [0.3, 0.4) is 0 Å². The van der Waals surface area contributed by atoms with Crippen LogP contribution in [0.15, 0.2) is 17.1 Å². The van der Waals surface area contributed by atoms with Gasteiger partial charge in [-0.25, -0.2) is 14.2 Å². The summed E-state index contributed by atoms with van der Waals surface area (Å²) < 4.78 is 23.1. The summed E-state index contributed by atoms with van der Waals surface area (Å²) in [4.78, 5) is 13.3. The van der Waals surface area contributed by atoms with E-state index in [4.69, 9.17) is 9.47 Å². The second-order valence-corrected chi connectivity index (χ2v) is 2.71. The average Bonchev–Trinajstić information content (AvgIpc) is 2.25. The van der Waals surface area contributed by atoms with E-state index in [1.54, 1.807) is 0 Å². The standard InChI is InChI=1S/C10H10FNO3/c1-14-9-4-8(11)3-7(5-12-6-13)10(9)15-2/h3-4H,5H2,1-2H3. The van der Waals surface area contributed by atoms with Crippen LogP contribution in [-0.4, -0.2) is 20.3 Å². The van der Waals surface area contributed by atoms with Gasteiger partial charge < -0.3 is 9.47 Å². The van der Waals surface area contributed by atoms with Crippen molar-refractivity contribution in [2.24, 2.45) is 4.99 Å². The molecule has 0 bridgehead atoms. The molecule has 0 saturated heterocycles. The lowest BCUT2D eigenvalue weighted by Crippen LogP contribution is -1.96. The van der Waals surface area contributed by atoms with Gasteiger partial charge in [0.2, 0.25) is 6.08 Å². The molecule has 0 amide bonds. The maximum absolute atomic E-state index is 13.1. The molecule has 0 heterocycles. The summed E-state index contributed by atoms with van der Waals surface area (Å²) in [5.74, 6) is 0.176. The fourth-order valence-corrected chi connectivity index (χ4v) is 1.24. The molecule has 0 fully saturated rings. The molecule has 0 radical (unpaired) electrons. The number of halogens is 1. The smallest absolute Gasteiger partial charge is 0.235 e. The van der Waals surface area contributed by atoms with Gasteiger partial charge in [0.25, 0.3) is 0 Å². The molecule has 0 unspecified atom stereocenters. The monoisotopic (exact) mass is 211 g/mol. The number of isocyanates is 1. The fourth-order valence-electron chi connectivity index (χ4n) is 1.24.